The molecular weight excluding hydrogens is 397 g/mol. The smallest absolute Gasteiger partial charge is 0.416 e. The number of carbonyl (C=O) groups is 1. The second kappa shape index (κ2) is 10.3. The van der Waals surface area contributed by atoms with E-state index < -0.39 is 17.8 Å². The van der Waals surface area contributed by atoms with E-state index in [9.17, 15) is 23.1 Å². The SMILES string of the molecule is O=C(Cc1ccc(OCCNC[C@H](O)c2cccc(C(F)(F)F)c2)cc1)NCl. The fraction of sp³-hybridized carbons (Fsp3) is 0.316. The Kier molecular flexibility index (Phi) is 8.10. The summed E-state index contributed by atoms with van der Waals surface area (Å²) in [4.78, 5) is 13.2. The van der Waals surface area contributed by atoms with Crippen molar-refractivity contribution in [2.45, 2.75) is 18.7 Å². The van der Waals surface area contributed by atoms with Crippen LogP contribution in [0.25, 0.3) is 0 Å². The third kappa shape index (κ3) is 7.03. The number of carbonyl (C=O) groups excluding carboxylic acids is 1. The molecule has 0 radical (unpaired) electrons. The van der Waals surface area contributed by atoms with Crippen LogP contribution >= 0.6 is 11.8 Å². The monoisotopic (exact) mass is 416 g/mol. The number of amides is 1. The molecule has 28 heavy (non-hydrogen) atoms. The zero-order valence-corrected chi connectivity index (χ0v) is 15.6. The quantitative estimate of drug-likeness (QED) is 0.433. The van der Waals surface area contributed by atoms with Crippen molar-refractivity contribution in [3.05, 3.63) is 65.2 Å². The highest BCUT2D eigenvalue weighted by Gasteiger charge is 2.30. The van der Waals surface area contributed by atoms with Crippen molar-refractivity contribution in [1.82, 2.24) is 10.2 Å². The molecule has 5 nitrogen and oxygen atoms in total. The Bertz CT molecular complexity index is 770. The molecule has 0 bridgehead atoms. The number of hydrogen-bond donors (Lipinski definition) is 3. The second-order valence-corrected chi connectivity index (χ2v) is 6.22. The Morgan fingerprint density at radius 2 is 1.89 bits per heavy atom. The van der Waals surface area contributed by atoms with Gasteiger partial charge in [-0.15, -0.1) is 0 Å². The van der Waals surface area contributed by atoms with Crippen LogP contribution in [0.5, 0.6) is 5.75 Å². The highest BCUT2D eigenvalue weighted by Crippen LogP contribution is 2.30. The maximum absolute atomic E-state index is 12.7. The zero-order chi connectivity index (χ0) is 20.6. The predicted octanol–water partition coefficient (Wildman–Crippen LogP) is 3.22. The molecule has 0 aliphatic carbocycles. The maximum Gasteiger partial charge on any atom is 0.416 e. The van der Waals surface area contributed by atoms with Gasteiger partial charge in [0.1, 0.15) is 12.4 Å². The van der Waals surface area contributed by atoms with Crippen LogP contribution in [0, 0.1) is 0 Å². The third-order valence-corrected chi connectivity index (χ3v) is 4.09. The van der Waals surface area contributed by atoms with Crippen molar-refractivity contribution in [2.75, 3.05) is 19.7 Å². The van der Waals surface area contributed by atoms with Gasteiger partial charge in [0.2, 0.25) is 5.91 Å². The van der Waals surface area contributed by atoms with Gasteiger partial charge in [-0.2, -0.15) is 13.2 Å². The van der Waals surface area contributed by atoms with E-state index >= 15 is 0 Å². The molecule has 0 saturated heterocycles. The predicted molar refractivity (Wildman–Crippen MR) is 98.9 cm³/mol. The van der Waals surface area contributed by atoms with Crippen LogP contribution in [0.4, 0.5) is 13.2 Å². The Hall–Kier alpha value is -2.29. The van der Waals surface area contributed by atoms with Crippen molar-refractivity contribution in [3.63, 3.8) is 0 Å². The highest BCUT2D eigenvalue weighted by atomic mass is 35.5. The number of benzene rings is 2. The first-order valence-electron chi connectivity index (χ1n) is 8.46. The van der Waals surface area contributed by atoms with Gasteiger partial charge in [0.05, 0.1) is 18.1 Å². The molecule has 0 aliphatic heterocycles. The molecule has 0 fully saturated rings. The first-order valence-corrected chi connectivity index (χ1v) is 8.84. The molecule has 0 unspecified atom stereocenters. The minimum atomic E-state index is -4.44. The molecule has 2 rings (SSSR count). The van der Waals surface area contributed by atoms with Gasteiger partial charge in [-0.1, -0.05) is 24.3 Å². The van der Waals surface area contributed by atoms with Gasteiger partial charge < -0.3 is 15.2 Å². The van der Waals surface area contributed by atoms with Gasteiger partial charge in [-0.05, 0) is 35.4 Å². The number of halogens is 4. The summed E-state index contributed by atoms with van der Waals surface area (Å²) in [7, 11) is 0. The Morgan fingerprint density at radius 1 is 1.18 bits per heavy atom. The molecule has 1 atom stereocenters. The molecule has 2 aromatic rings. The molecule has 2 aromatic carbocycles. The van der Waals surface area contributed by atoms with E-state index in [-0.39, 0.29) is 24.4 Å². The van der Waals surface area contributed by atoms with E-state index in [1.807, 2.05) is 4.84 Å². The van der Waals surface area contributed by atoms with Crippen LogP contribution in [0.3, 0.4) is 0 Å². The number of hydrogen-bond acceptors (Lipinski definition) is 4. The van der Waals surface area contributed by atoms with E-state index in [0.29, 0.717) is 18.9 Å². The molecule has 0 saturated carbocycles. The summed E-state index contributed by atoms with van der Waals surface area (Å²) in [5.41, 5.74) is 0.187. The largest absolute Gasteiger partial charge is 0.492 e. The molecule has 9 heteroatoms. The Labute approximate surface area is 165 Å². The lowest BCUT2D eigenvalue weighted by Gasteiger charge is -2.15. The number of rotatable bonds is 9. The zero-order valence-electron chi connectivity index (χ0n) is 14.8. The standard InChI is InChI=1S/C19H20ClF3N2O3/c20-25-18(27)10-13-4-6-16(7-5-13)28-9-8-24-12-17(26)14-2-1-3-15(11-14)19(21,22)23/h1-7,11,17,24,26H,8-10,12H2,(H,25,27)/t17-/m0/s1. The van der Waals surface area contributed by atoms with Crippen molar-refractivity contribution < 1.29 is 27.8 Å². The van der Waals surface area contributed by atoms with Crippen LogP contribution < -0.4 is 14.9 Å². The van der Waals surface area contributed by atoms with Crippen molar-refractivity contribution in [3.8, 4) is 5.75 Å². The lowest BCUT2D eigenvalue weighted by molar-refractivity contribution is -0.137. The summed E-state index contributed by atoms with van der Waals surface area (Å²) in [6.45, 7) is 0.792. The average molecular weight is 417 g/mol. The number of aliphatic hydroxyl groups is 1. The first kappa shape index (κ1) is 22.0. The van der Waals surface area contributed by atoms with Gasteiger partial charge >= 0.3 is 6.18 Å². The molecule has 152 valence electrons. The fourth-order valence-corrected chi connectivity index (χ4v) is 2.51. The fourth-order valence-electron chi connectivity index (χ4n) is 2.44. The number of alkyl halides is 3. The summed E-state index contributed by atoms with van der Waals surface area (Å²) in [5, 5.41) is 13.0. The van der Waals surface area contributed by atoms with E-state index in [4.69, 9.17) is 16.5 Å². The minimum Gasteiger partial charge on any atom is -0.492 e. The lowest BCUT2D eigenvalue weighted by Crippen LogP contribution is -2.26. The van der Waals surface area contributed by atoms with E-state index in [1.165, 1.54) is 12.1 Å². The van der Waals surface area contributed by atoms with Crippen molar-refractivity contribution in [1.29, 1.82) is 0 Å². The van der Waals surface area contributed by atoms with Gasteiger partial charge in [0.15, 0.2) is 0 Å². The van der Waals surface area contributed by atoms with E-state index in [0.717, 1.165) is 17.7 Å². The minimum absolute atomic E-state index is 0.0944. The maximum atomic E-state index is 12.7. The van der Waals surface area contributed by atoms with Gasteiger partial charge in [0.25, 0.3) is 0 Å². The van der Waals surface area contributed by atoms with Crippen molar-refractivity contribution in [2.24, 2.45) is 0 Å². The molecule has 3 N–H and O–H groups in total. The Balaban J connectivity index is 1.72. The topological polar surface area (TPSA) is 70.6 Å². The first-order chi connectivity index (χ1) is 13.3. The number of aliphatic hydroxyl groups excluding tert-OH is 1. The normalized spacial score (nSPS) is 12.5. The van der Waals surface area contributed by atoms with Gasteiger partial charge in [-0.25, -0.2) is 0 Å². The molecule has 1 amide bonds. The summed E-state index contributed by atoms with van der Waals surface area (Å²) >= 11 is 5.22. The lowest BCUT2D eigenvalue weighted by atomic mass is 10.1. The van der Waals surface area contributed by atoms with Crippen molar-refractivity contribution >= 4 is 17.7 Å². The molecule has 0 heterocycles. The third-order valence-electron chi connectivity index (χ3n) is 3.88. The molecule has 0 aromatic heterocycles. The summed E-state index contributed by atoms with van der Waals surface area (Å²) in [6.07, 6.45) is -5.34. The average Bonchev–Trinajstić information content (AvgIpc) is 2.68. The summed E-state index contributed by atoms with van der Waals surface area (Å²) < 4.78 is 43.7. The van der Waals surface area contributed by atoms with E-state index in [1.54, 1.807) is 24.3 Å². The van der Waals surface area contributed by atoms with Gasteiger partial charge in [-0.3, -0.25) is 9.63 Å². The number of nitrogens with one attached hydrogen (secondary N) is 2. The molecular formula is C19H20ClF3N2O3. The molecule has 0 aliphatic rings. The highest BCUT2D eigenvalue weighted by molar-refractivity contribution is 6.21. The van der Waals surface area contributed by atoms with Gasteiger partial charge in [0, 0.05) is 24.9 Å². The number of ether oxygens (including phenoxy) is 1. The summed E-state index contributed by atoms with van der Waals surface area (Å²) in [6, 6.07) is 11.5. The van der Waals surface area contributed by atoms with Crippen LogP contribution in [0.15, 0.2) is 48.5 Å². The van der Waals surface area contributed by atoms with Crippen LogP contribution in [-0.2, 0) is 17.4 Å². The van der Waals surface area contributed by atoms with Crippen LogP contribution in [0.1, 0.15) is 22.8 Å². The van der Waals surface area contributed by atoms with Crippen LogP contribution in [0.2, 0.25) is 0 Å². The Morgan fingerprint density at radius 3 is 2.54 bits per heavy atom. The summed E-state index contributed by atoms with van der Waals surface area (Å²) in [5.74, 6) is 0.300. The second-order valence-electron chi connectivity index (χ2n) is 6.03. The van der Waals surface area contributed by atoms with Crippen LogP contribution in [-0.4, -0.2) is 30.7 Å². The van der Waals surface area contributed by atoms with E-state index in [2.05, 4.69) is 5.32 Å². The molecule has 0 spiro atoms.